The second-order valence-electron chi connectivity index (χ2n) is 5.45. The molecule has 0 aliphatic rings. The Balaban J connectivity index is 0.00000151. The van der Waals surface area contributed by atoms with Gasteiger partial charge in [-0.2, -0.15) is 0 Å². The van der Waals surface area contributed by atoms with Gasteiger partial charge in [-0.3, -0.25) is 0 Å². The second kappa shape index (κ2) is 11.0. The number of hydrogen-bond donors (Lipinski definition) is 1. The highest BCUT2D eigenvalue weighted by Crippen LogP contribution is 2.26. The van der Waals surface area contributed by atoms with Crippen LogP contribution in [0.3, 0.4) is 0 Å². The van der Waals surface area contributed by atoms with Crippen LogP contribution in [-0.2, 0) is 0 Å². The Morgan fingerprint density at radius 3 is 2.36 bits per heavy atom. The molecule has 25 heavy (non-hydrogen) atoms. The van der Waals surface area contributed by atoms with Gasteiger partial charge in [0.25, 0.3) is 0 Å². The van der Waals surface area contributed by atoms with Gasteiger partial charge in [0.15, 0.2) is 0 Å². The van der Waals surface area contributed by atoms with E-state index in [2.05, 4.69) is 25.4 Å². The number of hydrogen-bond acceptors (Lipinski definition) is 1. The van der Waals surface area contributed by atoms with Crippen molar-refractivity contribution in [2.75, 3.05) is 6.54 Å². The van der Waals surface area contributed by atoms with Gasteiger partial charge in [-0.05, 0) is 35.3 Å². The topological polar surface area (TPSA) is 12.0 Å². The summed E-state index contributed by atoms with van der Waals surface area (Å²) in [5.74, 6) is -0.00591. The van der Waals surface area contributed by atoms with Crippen molar-refractivity contribution in [3.05, 3.63) is 97.0 Å². The zero-order chi connectivity index (χ0) is 18.7. The number of halogens is 1. The van der Waals surface area contributed by atoms with Gasteiger partial charge in [0, 0.05) is 17.8 Å². The van der Waals surface area contributed by atoms with Crippen LogP contribution in [0, 0.1) is 5.82 Å². The van der Waals surface area contributed by atoms with Crippen LogP contribution in [-0.4, -0.2) is 6.54 Å². The van der Waals surface area contributed by atoms with E-state index in [0.29, 0.717) is 12.1 Å². The first-order valence-electron chi connectivity index (χ1n) is 8.69. The lowest BCUT2D eigenvalue weighted by atomic mass is 9.97. The molecule has 0 aromatic heterocycles. The van der Waals surface area contributed by atoms with Crippen LogP contribution in [0.5, 0.6) is 0 Å². The van der Waals surface area contributed by atoms with Crippen molar-refractivity contribution in [3.8, 4) is 11.1 Å². The Hall–Kier alpha value is -2.61. The molecule has 1 N–H and O–H groups in total. The van der Waals surface area contributed by atoms with Gasteiger partial charge in [-0.1, -0.05) is 82.5 Å². The molecule has 2 rings (SSSR count). The van der Waals surface area contributed by atoms with Crippen LogP contribution in [0.15, 0.2) is 85.6 Å². The summed E-state index contributed by atoms with van der Waals surface area (Å²) in [4.78, 5) is 0. The monoisotopic (exact) mass is 337 g/mol. The Morgan fingerprint density at radius 1 is 1.12 bits per heavy atom. The molecule has 1 atom stereocenters. The number of rotatable bonds is 7. The molecule has 0 radical (unpaired) electrons. The minimum Gasteiger partial charge on any atom is -0.384 e. The first kappa shape index (κ1) is 20.4. The molecule has 0 aliphatic carbocycles. The highest BCUT2D eigenvalue weighted by atomic mass is 19.1. The average Bonchev–Trinajstić information content (AvgIpc) is 2.67. The first-order valence-corrected chi connectivity index (χ1v) is 8.69. The van der Waals surface area contributed by atoms with Crippen molar-refractivity contribution in [3.63, 3.8) is 0 Å². The average molecular weight is 337 g/mol. The van der Waals surface area contributed by atoms with Gasteiger partial charge in [-0.25, -0.2) is 4.39 Å². The summed E-state index contributed by atoms with van der Waals surface area (Å²) in [7, 11) is 0. The molecule has 132 valence electrons. The lowest BCUT2D eigenvalue weighted by molar-refractivity contribution is 0.620. The molecule has 0 aliphatic heterocycles. The van der Waals surface area contributed by atoms with Crippen LogP contribution in [0.25, 0.3) is 11.1 Å². The first-order chi connectivity index (χ1) is 12.2. The van der Waals surface area contributed by atoms with Crippen LogP contribution in [0.2, 0.25) is 0 Å². The predicted molar refractivity (Wildman–Crippen MR) is 108 cm³/mol. The number of nitrogens with one attached hydrogen (secondary N) is 1. The van der Waals surface area contributed by atoms with E-state index in [-0.39, 0.29) is 11.7 Å². The van der Waals surface area contributed by atoms with Gasteiger partial charge in [0.05, 0.1) is 0 Å². The number of benzene rings is 2. The SMILES string of the molecule is C=C/C=C(\C=C)NCC(C)c1ccc(-c2ccccc2)c(F)c1.CC. The molecule has 2 aromatic rings. The third-order valence-electron chi connectivity index (χ3n) is 3.78. The Labute approximate surface area is 151 Å². The van der Waals surface area contributed by atoms with Crippen LogP contribution in [0.4, 0.5) is 4.39 Å². The fourth-order valence-electron chi connectivity index (χ4n) is 2.40. The standard InChI is InChI=1S/C21H22FN.C2H6/c1-4-9-19(5-2)23-15-16(3)18-12-13-20(21(22)14-18)17-10-7-6-8-11-17;1-2/h4-14,16,23H,1-2,15H2,3H3;1-2H3/b19-9+;. The lowest BCUT2D eigenvalue weighted by Gasteiger charge is -2.15. The van der Waals surface area contributed by atoms with Crippen molar-refractivity contribution >= 4 is 0 Å². The maximum absolute atomic E-state index is 14.4. The predicted octanol–water partition coefficient (Wildman–Crippen LogP) is 6.47. The maximum atomic E-state index is 14.4. The van der Waals surface area contributed by atoms with Crippen molar-refractivity contribution < 1.29 is 4.39 Å². The van der Waals surface area contributed by atoms with E-state index in [0.717, 1.165) is 16.8 Å². The molecular weight excluding hydrogens is 309 g/mol. The summed E-state index contributed by atoms with van der Waals surface area (Å²) in [6.45, 7) is 14.2. The molecule has 0 spiro atoms. The second-order valence-corrected chi connectivity index (χ2v) is 5.45. The van der Waals surface area contributed by atoms with E-state index in [4.69, 9.17) is 0 Å². The van der Waals surface area contributed by atoms with Crippen LogP contribution < -0.4 is 5.32 Å². The summed E-state index contributed by atoms with van der Waals surface area (Å²) in [5.41, 5.74) is 3.41. The van der Waals surface area contributed by atoms with Crippen LogP contribution >= 0.6 is 0 Å². The summed E-state index contributed by atoms with van der Waals surface area (Å²) in [5, 5.41) is 3.28. The largest absolute Gasteiger partial charge is 0.384 e. The van der Waals surface area contributed by atoms with Gasteiger partial charge in [0.2, 0.25) is 0 Å². The minimum atomic E-state index is -0.189. The summed E-state index contributed by atoms with van der Waals surface area (Å²) in [6.07, 6.45) is 5.31. The van der Waals surface area contributed by atoms with E-state index in [9.17, 15) is 4.39 Å². The quantitative estimate of drug-likeness (QED) is 0.571. The third kappa shape index (κ3) is 6.07. The Morgan fingerprint density at radius 2 is 1.80 bits per heavy atom. The molecule has 1 unspecified atom stereocenters. The summed E-state index contributed by atoms with van der Waals surface area (Å²) < 4.78 is 14.4. The molecule has 0 saturated heterocycles. The fraction of sp³-hybridized carbons (Fsp3) is 0.217. The highest BCUT2D eigenvalue weighted by Gasteiger charge is 2.10. The van der Waals surface area contributed by atoms with Gasteiger partial charge in [-0.15, -0.1) is 0 Å². The number of allylic oxidation sites excluding steroid dienone is 3. The van der Waals surface area contributed by atoms with E-state index in [1.54, 1.807) is 18.2 Å². The molecule has 0 amide bonds. The van der Waals surface area contributed by atoms with Crippen molar-refractivity contribution in [2.45, 2.75) is 26.7 Å². The van der Waals surface area contributed by atoms with Crippen molar-refractivity contribution in [1.82, 2.24) is 5.32 Å². The molecule has 0 bridgehead atoms. The van der Waals surface area contributed by atoms with Crippen LogP contribution in [0.1, 0.15) is 32.3 Å². The van der Waals surface area contributed by atoms with Gasteiger partial charge >= 0.3 is 0 Å². The van der Waals surface area contributed by atoms with E-state index < -0.39 is 0 Å². The summed E-state index contributed by atoms with van der Waals surface area (Å²) >= 11 is 0. The fourth-order valence-corrected chi connectivity index (χ4v) is 2.40. The molecule has 2 heteroatoms. The van der Waals surface area contributed by atoms with E-state index in [1.165, 1.54) is 0 Å². The Kier molecular flexibility index (Phi) is 9.02. The molecule has 2 aromatic carbocycles. The van der Waals surface area contributed by atoms with Crippen molar-refractivity contribution in [1.29, 1.82) is 0 Å². The Bertz CT molecular complexity index is 701. The lowest BCUT2D eigenvalue weighted by Crippen LogP contribution is -2.18. The zero-order valence-corrected chi connectivity index (χ0v) is 15.4. The molecule has 0 saturated carbocycles. The molecular formula is C23H28FN. The smallest absolute Gasteiger partial charge is 0.131 e. The molecule has 0 fully saturated rings. The van der Waals surface area contributed by atoms with Crippen molar-refractivity contribution in [2.24, 2.45) is 0 Å². The van der Waals surface area contributed by atoms with E-state index >= 15 is 0 Å². The third-order valence-corrected chi connectivity index (χ3v) is 3.78. The van der Waals surface area contributed by atoms with Gasteiger partial charge in [0.1, 0.15) is 5.82 Å². The molecule has 1 nitrogen and oxygen atoms in total. The zero-order valence-electron chi connectivity index (χ0n) is 15.4. The van der Waals surface area contributed by atoms with E-state index in [1.807, 2.05) is 62.4 Å². The maximum Gasteiger partial charge on any atom is 0.131 e. The molecule has 0 heterocycles. The highest BCUT2D eigenvalue weighted by molar-refractivity contribution is 5.64. The normalized spacial score (nSPS) is 11.8. The summed E-state index contributed by atoms with van der Waals surface area (Å²) in [6, 6.07) is 15.1. The van der Waals surface area contributed by atoms with Gasteiger partial charge < -0.3 is 5.32 Å². The minimum absolute atomic E-state index is 0.183.